The minimum atomic E-state index is 0.0900. The van der Waals surface area contributed by atoms with E-state index < -0.39 is 0 Å². The Morgan fingerprint density at radius 1 is 0.543 bits per heavy atom. The van der Waals surface area contributed by atoms with Crippen molar-refractivity contribution < 1.29 is 0 Å². The third kappa shape index (κ3) is 3.56. The van der Waals surface area contributed by atoms with Crippen molar-refractivity contribution in [1.82, 2.24) is 4.98 Å². The van der Waals surface area contributed by atoms with Gasteiger partial charge < -0.3 is 0 Å². The third-order valence-corrected chi connectivity index (χ3v) is 9.32. The first-order valence-electron chi connectivity index (χ1n) is 12.7. The maximum Gasteiger partial charge on any atom is 0.0702 e. The summed E-state index contributed by atoms with van der Waals surface area (Å²) in [5.74, 6) is 0. The molecule has 0 unspecified atom stereocenters. The van der Waals surface area contributed by atoms with Crippen LogP contribution < -0.4 is 0 Å². The molecular weight excluding hydrogens is 422 g/mol. The van der Waals surface area contributed by atoms with Crippen LogP contribution in [0.25, 0.3) is 33.5 Å². The average molecular weight is 460 g/mol. The van der Waals surface area contributed by atoms with E-state index in [0.717, 1.165) is 11.3 Å². The molecule has 0 radical (unpaired) electrons. The van der Waals surface area contributed by atoms with Crippen molar-refractivity contribution in [3.05, 3.63) is 101 Å². The van der Waals surface area contributed by atoms with E-state index in [2.05, 4.69) is 128 Å². The van der Waals surface area contributed by atoms with Gasteiger partial charge >= 0.3 is 0 Å². The quantitative estimate of drug-likeness (QED) is 0.297. The Kier molecular flexibility index (Phi) is 5.33. The highest BCUT2D eigenvalue weighted by atomic mass is 14.7. The van der Waals surface area contributed by atoms with E-state index in [1.807, 2.05) is 6.20 Å². The van der Waals surface area contributed by atoms with Gasteiger partial charge in [-0.1, -0.05) is 113 Å². The second-order valence-electron chi connectivity index (χ2n) is 12.0. The van der Waals surface area contributed by atoms with E-state index in [0.29, 0.717) is 0 Å². The van der Waals surface area contributed by atoms with Crippen molar-refractivity contribution in [1.29, 1.82) is 0 Å². The number of hydrogen-bond acceptors (Lipinski definition) is 1. The maximum atomic E-state index is 4.94. The van der Waals surface area contributed by atoms with Crippen LogP contribution in [0.2, 0.25) is 0 Å². The first kappa shape index (κ1) is 23.5. The van der Waals surface area contributed by atoms with Crippen LogP contribution in [0, 0.1) is 19.3 Å². The molecule has 0 bridgehead atoms. The van der Waals surface area contributed by atoms with E-state index in [1.165, 1.54) is 44.5 Å². The van der Waals surface area contributed by atoms with Gasteiger partial charge in [-0.25, -0.2) is 0 Å². The first-order valence-corrected chi connectivity index (χ1v) is 12.7. The van der Waals surface area contributed by atoms with Gasteiger partial charge in [0.1, 0.15) is 0 Å². The molecule has 3 aromatic carbocycles. The van der Waals surface area contributed by atoms with E-state index in [9.17, 15) is 0 Å². The van der Waals surface area contributed by atoms with Gasteiger partial charge in [-0.15, -0.1) is 0 Å². The second kappa shape index (κ2) is 7.92. The molecule has 178 valence electrons. The fourth-order valence-electron chi connectivity index (χ4n) is 6.06. The highest BCUT2D eigenvalue weighted by Crippen LogP contribution is 2.61. The zero-order valence-corrected chi connectivity index (χ0v) is 22.5. The summed E-state index contributed by atoms with van der Waals surface area (Å²) in [4.78, 5) is 4.94. The number of pyridine rings is 1. The molecule has 0 fully saturated rings. The largest absolute Gasteiger partial charge is 0.256 e. The van der Waals surface area contributed by atoms with E-state index in [1.54, 1.807) is 0 Å². The van der Waals surface area contributed by atoms with Gasteiger partial charge in [-0.05, 0) is 70.0 Å². The molecular formula is C34H37N. The maximum absolute atomic E-state index is 4.94. The van der Waals surface area contributed by atoms with Crippen LogP contribution in [-0.4, -0.2) is 4.98 Å². The van der Waals surface area contributed by atoms with Gasteiger partial charge in [0.15, 0.2) is 0 Å². The highest BCUT2D eigenvalue weighted by Gasteiger charge is 2.56. The number of fused-ring (bicyclic) bond motifs is 1. The monoisotopic (exact) mass is 459 g/mol. The summed E-state index contributed by atoms with van der Waals surface area (Å²) in [6, 6.07) is 26.8. The minimum Gasteiger partial charge on any atom is -0.256 e. The normalized spacial score (nSPS) is 17.3. The predicted molar refractivity (Wildman–Crippen MR) is 150 cm³/mol. The summed E-state index contributed by atoms with van der Waals surface area (Å²) in [6.07, 6.45) is 2.03. The van der Waals surface area contributed by atoms with Crippen molar-refractivity contribution in [2.24, 2.45) is 5.41 Å². The molecule has 1 aliphatic rings. The average Bonchev–Trinajstić information content (AvgIpc) is 2.92. The Hall–Kier alpha value is -3.19. The first-order chi connectivity index (χ1) is 16.4. The van der Waals surface area contributed by atoms with Gasteiger partial charge in [0.2, 0.25) is 0 Å². The van der Waals surface area contributed by atoms with Gasteiger partial charge in [0, 0.05) is 17.3 Å². The number of aromatic nitrogens is 1. The molecule has 35 heavy (non-hydrogen) atoms. The van der Waals surface area contributed by atoms with Gasteiger partial charge in [-0.3, -0.25) is 4.98 Å². The fourth-order valence-corrected chi connectivity index (χ4v) is 6.06. The van der Waals surface area contributed by atoms with Crippen molar-refractivity contribution in [2.45, 2.75) is 66.2 Å². The Morgan fingerprint density at radius 2 is 1.11 bits per heavy atom. The third-order valence-electron chi connectivity index (χ3n) is 9.32. The van der Waals surface area contributed by atoms with Crippen LogP contribution in [-0.2, 0) is 10.8 Å². The van der Waals surface area contributed by atoms with Crippen LogP contribution in [0.1, 0.15) is 63.8 Å². The Morgan fingerprint density at radius 3 is 1.71 bits per heavy atom. The van der Waals surface area contributed by atoms with E-state index in [-0.39, 0.29) is 16.2 Å². The molecule has 0 amide bonds. The molecule has 1 heteroatoms. The number of hydrogen-bond donors (Lipinski definition) is 0. The number of nitrogens with zero attached hydrogens (tertiary/aromatic N) is 1. The van der Waals surface area contributed by atoms with Crippen LogP contribution in [0.4, 0.5) is 0 Å². The summed E-state index contributed by atoms with van der Waals surface area (Å²) in [7, 11) is 0. The summed E-state index contributed by atoms with van der Waals surface area (Å²) in [6.45, 7) is 18.7. The van der Waals surface area contributed by atoms with Crippen LogP contribution >= 0.6 is 0 Å². The molecule has 1 heterocycles. The number of rotatable bonds is 3. The van der Waals surface area contributed by atoms with E-state index >= 15 is 0 Å². The van der Waals surface area contributed by atoms with E-state index in [4.69, 9.17) is 4.98 Å². The van der Waals surface area contributed by atoms with Gasteiger partial charge in [0.25, 0.3) is 0 Å². The van der Waals surface area contributed by atoms with Crippen LogP contribution in [0.5, 0.6) is 0 Å². The van der Waals surface area contributed by atoms with Crippen LogP contribution in [0.3, 0.4) is 0 Å². The Bertz CT molecular complexity index is 1400. The fraction of sp³-hybridized carbons (Fsp3) is 0.324. The van der Waals surface area contributed by atoms with Crippen LogP contribution in [0.15, 0.2) is 79.0 Å². The zero-order chi connectivity index (χ0) is 25.2. The summed E-state index contributed by atoms with van der Waals surface area (Å²) in [5, 5.41) is 0. The molecule has 1 nitrogen and oxygen atoms in total. The number of benzene rings is 3. The van der Waals surface area contributed by atoms with Crippen molar-refractivity contribution >= 4 is 0 Å². The molecule has 0 aliphatic heterocycles. The zero-order valence-electron chi connectivity index (χ0n) is 22.5. The minimum absolute atomic E-state index is 0.0900. The lowest BCUT2D eigenvalue weighted by Crippen LogP contribution is -2.42. The summed E-state index contributed by atoms with van der Waals surface area (Å²) in [5.41, 5.74) is 13.0. The van der Waals surface area contributed by atoms with Gasteiger partial charge in [-0.2, -0.15) is 0 Å². The molecule has 0 N–H and O–H groups in total. The molecule has 0 saturated carbocycles. The lowest BCUT2D eigenvalue weighted by molar-refractivity contribution is 0.125. The molecule has 1 aromatic heterocycles. The number of aryl methyl sites for hydroxylation is 2. The molecule has 0 spiro atoms. The molecule has 1 aliphatic carbocycles. The topological polar surface area (TPSA) is 12.9 Å². The summed E-state index contributed by atoms with van der Waals surface area (Å²) < 4.78 is 0. The van der Waals surface area contributed by atoms with Crippen molar-refractivity contribution in [3.8, 4) is 33.5 Å². The molecule has 5 rings (SSSR count). The Balaban J connectivity index is 1.54. The second-order valence-corrected chi connectivity index (χ2v) is 12.0. The SMILES string of the molecule is Cc1cc(C)cc(-c2ccccc2-c2ccc(-c3ccc4c(c3)C(C)(C)C(C)(C)C4(C)C)nc2)c1. The molecule has 0 atom stereocenters. The Labute approximate surface area is 211 Å². The van der Waals surface area contributed by atoms with Crippen molar-refractivity contribution in [2.75, 3.05) is 0 Å². The van der Waals surface area contributed by atoms with Crippen molar-refractivity contribution in [3.63, 3.8) is 0 Å². The molecule has 4 aromatic rings. The summed E-state index contributed by atoms with van der Waals surface area (Å²) >= 11 is 0. The van der Waals surface area contributed by atoms with Gasteiger partial charge in [0.05, 0.1) is 5.69 Å². The highest BCUT2D eigenvalue weighted by molar-refractivity contribution is 5.84. The standard InChI is InChI=1S/C34H37N/c1-22-17-23(2)19-26(18-22)28-12-10-9-11-27(28)25-14-16-31(35-21-25)24-13-15-29-30(20-24)33(5,6)34(7,8)32(29,3)4/h9-21H,1-8H3. The molecule has 0 saturated heterocycles. The lowest BCUT2D eigenvalue weighted by atomic mass is 9.59. The predicted octanol–water partition coefficient (Wildman–Crippen LogP) is 9.29. The smallest absolute Gasteiger partial charge is 0.0702 e. The lowest BCUT2D eigenvalue weighted by Gasteiger charge is -2.44.